The van der Waals surface area contributed by atoms with Crippen molar-refractivity contribution in [3.8, 4) is 0 Å². The summed E-state index contributed by atoms with van der Waals surface area (Å²) in [5.74, 6) is -0.495. The van der Waals surface area contributed by atoms with E-state index in [1.54, 1.807) is 18.2 Å². The molecule has 1 aliphatic carbocycles. The van der Waals surface area contributed by atoms with Gasteiger partial charge in [0.1, 0.15) is 5.69 Å². The molecule has 0 saturated heterocycles. The van der Waals surface area contributed by atoms with E-state index in [0.717, 1.165) is 24.1 Å². The first-order valence-electron chi connectivity index (χ1n) is 7.68. The molecule has 118 valence electrons. The summed E-state index contributed by atoms with van der Waals surface area (Å²) < 4.78 is 0. The molecule has 23 heavy (non-hydrogen) atoms. The predicted molar refractivity (Wildman–Crippen MR) is 86.8 cm³/mol. The zero-order valence-corrected chi connectivity index (χ0v) is 13.0. The molecule has 5 nitrogen and oxygen atoms in total. The van der Waals surface area contributed by atoms with Gasteiger partial charge >= 0.3 is 0 Å². The van der Waals surface area contributed by atoms with Crippen LogP contribution in [0, 0.1) is 6.92 Å². The molecule has 0 aliphatic heterocycles. The van der Waals surface area contributed by atoms with Crippen molar-refractivity contribution in [2.45, 2.75) is 32.4 Å². The number of aryl methyl sites for hydroxylation is 1. The highest BCUT2D eigenvalue weighted by Crippen LogP contribution is 2.29. The van der Waals surface area contributed by atoms with Crippen molar-refractivity contribution in [1.82, 2.24) is 9.88 Å². The second-order valence-electron chi connectivity index (χ2n) is 5.89. The molecule has 1 aromatic carbocycles. The molecule has 1 aromatic heterocycles. The number of benzene rings is 1. The third-order valence-corrected chi connectivity index (χ3v) is 3.95. The summed E-state index contributed by atoms with van der Waals surface area (Å²) in [6.07, 6.45) is 2.05. The van der Waals surface area contributed by atoms with E-state index >= 15 is 0 Å². The van der Waals surface area contributed by atoms with Gasteiger partial charge in [-0.15, -0.1) is 0 Å². The second-order valence-corrected chi connectivity index (χ2v) is 5.89. The van der Waals surface area contributed by atoms with E-state index in [9.17, 15) is 9.59 Å². The summed E-state index contributed by atoms with van der Waals surface area (Å²) in [5, 5.41) is 0. The largest absolute Gasteiger partial charge is 0.366 e. The quantitative estimate of drug-likeness (QED) is 0.920. The Bertz CT molecular complexity index is 736. The first-order chi connectivity index (χ1) is 11.0. The average Bonchev–Trinajstić information content (AvgIpc) is 3.37. The van der Waals surface area contributed by atoms with E-state index in [4.69, 9.17) is 5.73 Å². The average molecular weight is 309 g/mol. The van der Waals surface area contributed by atoms with E-state index < -0.39 is 5.91 Å². The molecule has 1 fully saturated rings. The maximum Gasteiger partial charge on any atom is 0.273 e. The number of carbonyl (C=O) groups excluding carboxylic acids is 2. The molecule has 1 aliphatic rings. The normalized spacial score (nSPS) is 13.6. The highest BCUT2D eigenvalue weighted by Gasteiger charge is 2.33. The minimum atomic E-state index is -0.448. The smallest absolute Gasteiger partial charge is 0.273 e. The van der Waals surface area contributed by atoms with Gasteiger partial charge in [-0.2, -0.15) is 0 Å². The van der Waals surface area contributed by atoms with Gasteiger partial charge in [-0.3, -0.25) is 9.59 Å². The zero-order valence-electron chi connectivity index (χ0n) is 13.0. The van der Waals surface area contributed by atoms with E-state index in [-0.39, 0.29) is 11.9 Å². The van der Waals surface area contributed by atoms with Gasteiger partial charge in [-0.05, 0) is 49.6 Å². The summed E-state index contributed by atoms with van der Waals surface area (Å²) >= 11 is 0. The predicted octanol–water partition coefficient (Wildman–Crippen LogP) is 2.29. The lowest BCUT2D eigenvalue weighted by atomic mass is 10.1. The second kappa shape index (κ2) is 6.20. The lowest BCUT2D eigenvalue weighted by Gasteiger charge is -2.22. The number of nitrogens with two attached hydrogens (primary N) is 1. The molecule has 2 N–H and O–H groups in total. The van der Waals surface area contributed by atoms with Crippen LogP contribution in [0.2, 0.25) is 0 Å². The minimum absolute atomic E-state index is 0.0461. The Balaban J connectivity index is 1.79. The molecule has 0 spiro atoms. The Morgan fingerprint density at radius 3 is 2.43 bits per heavy atom. The van der Waals surface area contributed by atoms with Crippen LogP contribution < -0.4 is 5.73 Å². The lowest BCUT2D eigenvalue weighted by Crippen LogP contribution is -2.33. The molecule has 0 unspecified atom stereocenters. The monoisotopic (exact) mass is 309 g/mol. The molecule has 2 aromatic rings. The van der Waals surface area contributed by atoms with Crippen LogP contribution >= 0.6 is 0 Å². The Kier molecular flexibility index (Phi) is 4.10. The van der Waals surface area contributed by atoms with Gasteiger partial charge in [-0.25, -0.2) is 4.98 Å². The van der Waals surface area contributed by atoms with Gasteiger partial charge in [0.2, 0.25) is 5.91 Å². The topological polar surface area (TPSA) is 76.3 Å². The van der Waals surface area contributed by atoms with E-state index in [0.29, 0.717) is 17.8 Å². The van der Waals surface area contributed by atoms with Crippen molar-refractivity contribution in [3.63, 3.8) is 0 Å². The molecule has 0 radical (unpaired) electrons. The fraction of sp³-hybridized carbons (Fsp3) is 0.278. The number of pyridine rings is 1. The van der Waals surface area contributed by atoms with E-state index in [2.05, 4.69) is 4.98 Å². The van der Waals surface area contributed by atoms with E-state index in [1.165, 1.54) is 0 Å². The van der Waals surface area contributed by atoms with Gasteiger partial charge in [-0.1, -0.05) is 18.2 Å². The number of carbonyl (C=O) groups is 2. The molecule has 0 atom stereocenters. The number of amides is 2. The molecule has 5 heteroatoms. The van der Waals surface area contributed by atoms with Crippen LogP contribution in [0.5, 0.6) is 0 Å². The summed E-state index contributed by atoms with van der Waals surface area (Å²) in [6.45, 7) is 2.39. The lowest BCUT2D eigenvalue weighted by molar-refractivity contribution is 0.0723. The molecule has 3 rings (SSSR count). The Hall–Kier alpha value is -2.69. The van der Waals surface area contributed by atoms with E-state index in [1.807, 2.05) is 36.1 Å². The summed E-state index contributed by atoms with van der Waals surface area (Å²) in [5.41, 5.74) is 8.00. The SMILES string of the molecule is Cc1cccc(C(=O)N(Cc2ccc(C(N)=O)cc2)C2CC2)n1. The van der Waals surface area contributed by atoms with Gasteiger partial charge in [0.05, 0.1) is 0 Å². The van der Waals surface area contributed by atoms with Crippen molar-refractivity contribution in [2.75, 3.05) is 0 Å². The molecule has 1 heterocycles. The Morgan fingerprint density at radius 2 is 1.87 bits per heavy atom. The maximum atomic E-state index is 12.7. The fourth-order valence-corrected chi connectivity index (χ4v) is 2.53. The first-order valence-corrected chi connectivity index (χ1v) is 7.68. The number of nitrogens with zero attached hydrogens (tertiary/aromatic N) is 2. The van der Waals surface area contributed by atoms with Crippen LogP contribution in [-0.2, 0) is 6.54 Å². The Labute approximate surface area is 135 Å². The van der Waals surface area contributed by atoms with Crippen molar-refractivity contribution in [3.05, 3.63) is 65.0 Å². The van der Waals surface area contributed by atoms with Gasteiger partial charge < -0.3 is 10.6 Å². The molecular formula is C18H19N3O2. The fourth-order valence-electron chi connectivity index (χ4n) is 2.53. The van der Waals surface area contributed by atoms with Crippen molar-refractivity contribution in [1.29, 1.82) is 0 Å². The van der Waals surface area contributed by atoms with Crippen molar-refractivity contribution >= 4 is 11.8 Å². The van der Waals surface area contributed by atoms with Gasteiger partial charge in [0.25, 0.3) is 5.91 Å². The number of hydrogen-bond donors (Lipinski definition) is 1. The van der Waals surface area contributed by atoms with Crippen LogP contribution in [0.1, 0.15) is 44.9 Å². The van der Waals surface area contributed by atoms with Crippen LogP contribution in [0.4, 0.5) is 0 Å². The molecule has 2 amide bonds. The standard InChI is InChI=1S/C18H19N3O2/c1-12-3-2-4-16(20-12)18(23)21(15-9-10-15)11-13-5-7-14(8-6-13)17(19)22/h2-8,15H,9-11H2,1H3,(H2,19,22). The molecule has 0 bridgehead atoms. The van der Waals surface area contributed by atoms with Crippen LogP contribution in [0.15, 0.2) is 42.5 Å². The number of primary amides is 1. The number of aromatic nitrogens is 1. The van der Waals surface area contributed by atoms with Crippen LogP contribution in [0.3, 0.4) is 0 Å². The number of rotatable bonds is 5. The van der Waals surface area contributed by atoms with Crippen molar-refractivity contribution in [2.24, 2.45) is 5.73 Å². The van der Waals surface area contributed by atoms with Crippen LogP contribution in [-0.4, -0.2) is 27.7 Å². The van der Waals surface area contributed by atoms with Crippen LogP contribution in [0.25, 0.3) is 0 Å². The third-order valence-electron chi connectivity index (χ3n) is 3.95. The third kappa shape index (κ3) is 3.56. The van der Waals surface area contributed by atoms with Crippen molar-refractivity contribution < 1.29 is 9.59 Å². The highest BCUT2D eigenvalue weighted by atomic mass is 16.2. The molecule has 1 saturated carbocycles. The Morgan fingerprint density at radius 1 is 1.17 bits per heavy atom. The highest BCUT2D eigenvalue weighted by molar-refractivity contribution is 5.93. The van der Waals surface area contributed by atoms with Gasteiger partial charge in [0.15, 0.2) is 0 Å². The maximum absolute atomic E-state index is 12.7. The summed E-state index contributed by atoms with van der Waals surface area (Å²) in [4.78, 5) is 30.1. The number of hydrogen-bond acceptors (Lipinski definition) is 3. The first kappa shape index (κ1) is 15.2. The minimum Gasteiger partial charge on any atom is -0.366 e. The summed E-state index contributed by atoms with van der Waals surface area (Å²) in [6, 6.07) is 12.8. The summed E-state index contributed by atoms with van der Waals surface area (Å²) in [7, 11) is 0. The molecular weight excluding hydrogens is 290 g/mol. The zero-order chi connectivity index (χ0) is 16.4. The van der Waals surface area contributed by atoms with Gasteiger partial charge in [0, 0.05) is 23.8 Å².